The fraction of sp³-hybridized carbons (Fsp3) is 0. The van der Waals surface area contributed by atoms with Gasteiger partial charge in [0.1, 0.15) is 16.4 Å². The number of hydrogen-bond donors (Lipinski definition) is 1. The monoisotopic (exact) mass is 540 g/mol. The molecule has 0 aliphatic carbocycles. The van der Waals surface area contributed by atoms with Crippen molar-refractivity contribution in [3.8, 4) is 11.5 Å². The van der Waals surface area contributed by atoms with Gasteiger partial charge < -0.3 is 4.74 Å². The third-order valence-electron chi connectivity index (χ3n) is 4.48. The normalized spacial score (nSPS) is 11.9. The van der Waals surface area contributed by atoms with Crippen LogP contribution in [0.2, 0.25) is 0 Å². The summed E-state index contributed by atoms with van der Waals surface area (Å²) < 4.78 is 40.3. The summed E-state index contributed by atoms with van der Waals surface area (Å²) >= 11 is 0. The maximum atomic E-state index is 12.1. The molecular weight excluding hydrogens is 522 g/mol. The summed E-state index contributed by atoms with van der Waals surface area (Å²) in [4.78, 5) is -0.0884. The van der Waals surface area contributed by atoms with E-state index in [2.05, 4.69) is 0 Å². The van der Waals surface area contributed by atoms with Crippen molar-refractivity contribution in [2.75, 3.05) is 0 Å². The zero-order valence-corrected chi connectivity index (χ0v) is 19.5. The average molecular weight is 541 g/mol. The van der Waals surface area contributed by atoms with E-state index in [1.807, 2.05) is 84.9 Å². The van der Waals surface area contributed by atoms with E-state index >= 15 is 0 Å². The van der Waals surface area contributed by atoms with Crippen molar-refractivity contribution >= 4 is 34.0 Å². The SMILES string of the molecule is O=S(=O)(O)c1ccccc1P(c1ccccc1)c1ccccc1Oc1ccccc1.[Pd]. The van der Waals surface area contributed by atoms with Gasteiger partial charge in [0, 0.05) is 31.0 Å². The Kier molecular flexibility index (Phi) is 7.78. The predicted octanol–water partition coefficient (Wildman–Crippen LogP) is 4.48. The number of benzene rings is 4. The quantitative estimate of drug-likeness (QED) is 0.223. The second-order valence-electron chi connectivity index (χ2n) is 6.50. The molecule has 0 fully saturated rings. The van der Waals surface area contributed by atoms with E-state index in [0.29, 0.717) is 16.8 Å². The second-order valence-corrected chi connectivity index (χ2v) is 10.0. The Morgan fingerprint density at radius 2 is 1.16 bits per heavy atom. The zero-order chi connectivity index (χ0) is 21.0. The van der Waals surface area contributed by atoms with Crippen LogP contribution in [0.25, 0.3) is 0 Å². The van der Waals surface area contributed by atoms with Gasteiger partial charge >= 0.3 is 0 Å². The van der Waals surface area contributed by atoms with Crippen LogP contribution in [0, 0.1) is 0 Å². The van der Waals surface area contributed by atoms with Gasteiger partial charge in [-0.3, -0.25) is 4.55 Å². The van der Waals surface area contributed by atoms with Crippen molar-refractivity contribution < 1.29 is 38.1 Å². The van der Waals surface area contributed by atoms with Crippen LogP contribution < -0.4 is 20.7 Å². The fourth-order valence-corrected chi connectivity index (χ4v) is 6.78. The molecule has 1 unspecified atom stereocenters. The first-order chi connectivity index (χ1) is 14.5. The van der Waals surface area contributed by atoms with Crippen molar-refractivity contribution in [3.63, 3.8) is 0 Å². The van der Waals surface area contributed by atoms with Crippen LogP contribution >= 0.6 is 7.92 Å². The van der Waals surface area contributed by atoms with Gasteiger partial charge in [0.2, 0.25) is 0 Å². The van der Waals surface area contributed by atoms with Gasteiger partial charge in [-0.25, -0.2) is 0 Å². The molecule has 0 bridgehead atoms. The van der Waals surface area contributed by atoms with Gasteiger partial charge in [0.15, 0.2) is 0 Å². The van der Waals surface area contributed by atoms with Crippen LogP contribution in [0.15, 0.2) is 114 Å². The first kappa shape index (κ1) is 23.3. The topological polar surface area (TPSA) is 63.6 Å². The van der Waals surface area contributed by atoms with Gasteiger partial charge in [0.05, 0.1) is 0 Å². The number of para-hydroxylation sites is 2. The van der Waals surface area contributed by atoms with Crippen molar-refractivity contribution in [1.82, 2.24) is 0 Å². The Morgan fingerprint density at radius 3 is 1.81 bits per heavy atom. The third-order valence-corrected chi connectivity index (χ3v) is 8.08. The van der Waals surface area contributed by atoms with E-state index in [-0.39, 0.29) is 25.3 Å². The van der Waals surface area contributed by atoms with E-state index in [9.17, 15) is 13.0 Å². The van der Waals surface area contributed by atoms with Crippen LogP contribution in [0.4, 0.5) is 0 Å². The first-order valence-corrected chi connectivity index (χ1v) is 12.1. The molecule has 1 N–H and O–H groups in total. The summed E-state index contributed by atoms with van der Waals surface area (Å²) in [6.07, 6.45) is 0. The molecule has 0 aliphatic rings. The second kappa shape index (κ2) is 10.3. The van der Waals surface area contributed by atoms with E-state index in [0.717, 1.165) is 10.6 Å². The van der Waals surface area contributed by atoms with Gasteiger partial charge in [0.25, 0.3) is 10.1 Å². The van der Waals surface area contributed by atoms with Crippen molar-refractivity contribution in [2.45, 2.75) is 4.90 Å². The molecule has 0 aromatic heterocycles. The van der Waals surface area contributed by atoms with Crippen molar-refractivity contribution in [2.24, 2.45) is 0 Å². The molecule has 0 heterocycles. The van der Waals surface area contributed by atoms with Gasteiger partial charge in [-0.1, -0.05) is 84.9 Å². The molecule has 0 saturated carbocycles. The summed E-state index contributed by atoms with van der Waals surface area (Å²) in [5.41, 5.74) is 0. The standard InChI is InChI=1S/C24H19O4PS.Pd/c25-30(26,27)24-18-10-9-17-23(24)29(20-13-5-2-6-14-20)22-16-8-7-15-21(22)28-19-11-3-1-4-12-19;/h1-18H,(H,25,26,27);. The summed E-state index contributed by atoms with van der Waals surface area (Å²) in [5.74, 6) is 1.33. The molecule has 160 valence electrons. The molecule has 31 heavy (non-hydrogen) atoms. The Labute approximate surface area is 197 Å². The summed E-state index contributed by atoms with van der Waals surface area (Å²) in [6, 6.07) is 33.3. The Morgan fingerprint density at radius 1 is 0.645 bits per heavy atom. The van der Waals surface area contributed by atoms with E-state index in [1.165, 1.54) is 6.07 Å². The molecule has 0 radical (unpaired) electrons. The molecule has 0 saturated heterocycles. The minimum absolute atomic E-state index is 0. The molecule has 4 nitrogen and oxygen atoms in total. The minimum Gasteiger partial charge on any atom is -0.457 e. The van der Waals surface area contributed by atoms with Gasteiger partial charge in [-0.05, 0) is 37.5 Å². The smallest absolute Gasteiger partial charge is 0.295 e. The molecule has 1 atom stereocenters. The van der Waals surface area contributed by atoms with Crippen LogP contribution in [0.3, 0.4) is 0 Å². The molecule has 0 amide bonds. The number of rotatable bonds is 6. The van der Waals surface area contributed by atoms with Crippen LogP contribution in [-0.2, 0) is 30.5 Å². The number of ether oxygens (including phenoxy) is 1. The summed E-state index contributed by atoms with van der Waals surface area (Å²) in [5, 5.41) is 2.36. The van der Waals surface area contributed by atoms with Crippen molar-refractivity contribution in [3.05, 3.63) is 109 Å². The minimum atomic E-state index is -4.39. The predicted molar refractivity (Wildman–Crippen MR) is 121 cm³/mol. The zero-order valence-electron chi connectivity index (χ0n) is 16.2. The Hall–Kier alpha value is -2.32. The number of hydrogen-bond acceptors (Lipinski definition) is 3. The Bertz CT molecular complexity index is 1250. The van der Waals surface area contributed by atoms with Crippen molar-refractivity contribution in [1.29, 1.82) is 0 Å². The molecule has 4 aromatic carbocycles. The van der Waals surface area contributed by atoms with Crippen LogP contribution in [-0.4, -0.2) is 13.0 Å². The molecule has 0 spiro atoms. The average Bonchev–Trinajstić information content (AvgIpc) is 2.76. The third kappa shape index (κ3) is 5.49. The van der Waals surface area contributed by atoms with Gasteiger partial charge in [-0.2, -0.15) is 8.42 Å². The molecule has 4 rings (SSSR count). The summed E-state index contributed by atoms with van der Waals surface area (Å²) in [7, 11) is -5.70. The fourth-order valence-electron chi connectivity index (χ4n) is 3.19. The first-order valence-electron chi connectivity index (χ1n) is 9.28. The van der Waals surface area contributed by atoms with E-state index in [4.69, 9.17) is 4.74 Å². The molecule has 0 aliphatic heterocycles. The molecular formula is C24H19O4PPdS. The maximum Gasteiger partial charge on any atom is 0.295 e. The van der Waals surface area contributed by atoms with E-state index in [1.54, 1.807) is 18.2 Å². The molecule has 4 aromatic rings. The van der Waals surface area contributed by atoms with E-state index < -0.39 is 18.0 Å². The molecule has 7 heteroatoms. The van der Waals surface area contributed by atoms with Crippen LogP contribution in [0.1, 0.15) is 0 Å². The van der Waals surface area contributed by atoms with Crippen LogP contribution in [0.5, 0.6) is 11.5 Å². The summed E-state index contributed by atoms with van der Waals surface area (Å²) in [6.45, 7) is 0. The maximum absolute atomic E-state index is 12.1. The largest absolute Gasteiger partial charge is 0.457 e. The van der Waals surface area contributed by atoms with Gasteiger partial charge in [-0.15, -0.1) is 0 Å². The Balaban J connectivity index is 0.00000272.